The van der Waals surface area contributed by atoms with Crippen molar-refractivity contribution in [3.63, 3.8) is 0 Å². The number of anilines is 2. The van der Waals surface area contributed by atoms with Crippen molar-refractivity contribution in [3.05, 3.63) is 82.9 Å². The SMILES string of the molecule is CC1Oc2ccc(NC(=O)c3ccc(S(=O)(=O)N(C)C)cc3)cc2N(Cc2ccccc2Cl)C1=O. The molecule has 0 bridgehead atoms. The van der Waals surface area contributed by atoms with E-state index in [-0.39, 0.29) is 22.9 Å². The van der Waals surface area contributed by atoms with E-state index < -0.39 is 22.0 Å². The molecule has 1 aliphatic rings. The highest BCUT2D eigenvalue weighted by atomic mass is 35.5. The lowest BCUT2D eigenvalue weighted by molar-refractivity contribution is -0.125. The normalized spacial score (nSPS) is 15.5. The molecule has 0 fully saturated rings. The first-order valence-corrected chi connectivity index (χ1v) is 12.6. The molecule has 0 radical (unpaired) electrons. The van der Waals surface area contributed by atoms with Gasteiger partial charge in [-0.2, -0.15) is 0 Å². The number of carbonyl (C=O) groups excluding carboxylic acids is 2. The first kappa shape index (κ1) is 24.7. The van der Waals surface area contributed by atoms with Gasteiger partial charge in [0, 0.05) is 30.4 Å². The van der Waals surface area contributed by atoms with Gasteiger partial charge in [-0.1, -0.05) is 29.8 Å². The molecule has 0 spiro atoms. The average molecular weight is 514 g/mol. The maximum atomic E-state index is 12.9. The Balaban J connectivity index is 1.59. The maximum absolute atomic E-state index is 12.9. The third kappa shape index (κ3) is 5.02. The smallest absolute Gasteiger partial charge is 0.268 e. The summed E-state index contributed by atoms with van der Waals surface area (Å²) in [5, 5.41) is 3.34. The molecule has 0 aromatic heterocycles. The number of amides is 2. The molecule has 0 saturated heterocycles. The number of carbonyl (C=O) groups is 2. The predicted molar refractivity (Wildman–Crippen MR) is 134 cm³/mol. The van der Waals surface area contributed by atoms with Gasteiger partial charge in [0.2, 0.25) is 10.0 Å². The first-order valence-electron chi connectivity index (χ1n) is 10.8. The van der Waals surface area contributed by atoms with Gasteiger partial charge in [-0.15, -0.1) is 0 Å². The van der Waals surface area contributed by atoms with Crippen molar-refractivity contribution in [2.24, 2.45) is 0 Å². The highest BCUT2D eigenvalue weighted by Gasteiger charge is 2.32. The first-order chi connectivity index (χ1) is 16.6. The fourth-order valence-electron chi connectivity index (χ4n) is 3.64. The molecule has 4 rings (SSSR count). The summed E-state index contributed by atoms with van der Waals surface area (Å²) in [7, 11) is -0.711. The summed E-state index contributed by atoms with van der Waals surface area (Å²) in [6.45, 7) is 1.93. The van der Waals surface area contributed by atoms with Crippen molar-refractivity contribution in [1.29, 1.82) is 0 Å². The number of fused-ring (bicyclic) bond motifs is 1. The van der Waals surface area contributed by atoms with Crippen molar-refractivity contribution < 1.29 is 22.7 Å². The van der Waals surface area contributed by atoms with Gasteiger partial charge in [0.25, 0.3) is 11.8 Å². The number of ether oxygens (including phenoxy) is 1. The summed E-state index contributed by atoms with van der Waals surface area (Å²) in [6.07, 6.45) is -0.664. The van der Waals surface area contributed by atoms with E-state index in [0.717, 1.165) is 9.87 Å². The van der Waals surface area contributed by atoms with Crippen LogP contribution >= 0.6 is 11.6 Å². The number of benzene rings is 3. The monoisotopic (exact) mass is 513 g/mol. The zero-order valence-corrected chi connectivity index (χ0v) is 20.9. The summed E-state index contributed by atoms with van der Waals surface area (Å²) in [5.74, 6) is -0.133. The lowest BCUT2D eigenvalue weighted by atomic mass is 10.1. The fraction of sp³-hybridized carbons (Fsp3) is 0.200. The number of nitrogens with one attached hydrogen (secondary N) is 1. The Morgan fingerprint density at radius 3 is 2.43 bits per heavy atom. The molecule has 2 amide bonds. The molecular formula is C25H24ClN3O5S. The lowest BCUT2D eigenvalue weighted by Crippen LogP contribution is -2.44. The third-order valence-corrected chi connectivity index (χ3v) is 7.80. The number of nitrogens with zero attached hydrogens (tertiary/aromatic N) is 2. The molecule has 1 heterocycles. The molecule has 3 aromatic rings. The van der Waals surface area contributed by atoms with Crippen LogP contribution in [0.3, 0.4) is 0 Å². The van der Waals surface area contributed by atoms with Gasteiger partial charge < -0.3 is 15.0 Å². The maximum Gasteiger partial charge on any atom is 0.268 e. The quantitative estimate of drug-likeness (QED) is 0.534. The van der Waals surface area contributed by atoms with Gasteiger partial charge in [-0.25, -0.2) is 12.7 Å². The van der Waals surface area contributed by atoms with Crippen LogP contribution in [0.25, 0.3) is 0 Å². The largest absolute Gasteiger partial charge is 0.479 e. The third-order valence-electron chi connectivity index (χ3n) is 5.61. The molecule has 1 atom stereocenters. The lowest BCUT2D eigenvalue weighted by Gasteiger charge is -2.33. The zero-order chi connectivity index (χ0) is 25.3. The molecule has 35 heavy (non-hydrogen) atoms. The molecule has 1 N–H and O–H groups in total. The van der Waals surface area contributed by atoms with Crippen LogP contribution in [0.1, 0.15) is 22.8 Å². The van der Waals surface area contributed by atoms with E-state index >= 15 is 0 Å². The highest BCUT2D eigenvalue weighted by molar-refractivity contribution is 7.89. The van der Waals surface area contributed by atoms with Crippen LogP contribution in [-0.4, -0.2) is 44.7 Å². The minimum absolute atomic E-state index is 0.0906. The molecule has 0 aliphatic carbocycles. The Morgan fingerprint density at radius 2 is 1.77 bits per heavy atom. The molecule has 1 unspecified atom stereocenters. The summed E-state index contributed by atoms with van der Waals surface area (Å²) in [4.78, 5) is 27.4. The Hall–Kier alpha value is -3.40. The minimum Gasteiger partial charge on any atom is -0.479 e. The summed E-state index contributed by atoms with van der Waals surface area (Å²) in [5.41, 5.74) is 2.03. The van der Waals surface area contributed by atoms with Crippen LogP contribution in [-0.2, 0) is 21.4 Å². The fourth-order valence-corrected chi connectivity index (χ4v) is 4.73. The summed E-state index contributed by atoms with van der Waals surface area (Å²) < 4.78 is 31.4. The van der Waals surface area contributed by atoms with Gasteiger partial charge in [-0.05, 0) is 61.0 Å². The second-order valence-corrected chi connectivity index (χ2v) is 10.8. The van der Waals surface area contributed by atoms with Gasteiger partial charge >= 0.3 is 0 Å². The second kappa shape index (κ2) is 9.69. The van der Waals surface area contributed by atoms with Crippen molar-refractivity contribution in [2.45, 2.75) is 24.5 Å². The molecule has 0 saturated carbocycles. The molecule has 3 aromatic carbocycles. The highest BCUT2D eigenvalue weighted by Crippen LogP contribution is 2.38. The molecule has 8 nitrogen and oxygen atoms in total. The molecule has 1 aliphatic heterocycles. The van der Waals surface area contributed by atoms with Crippen molar-refractivity contribution >= 4 is 44.8 Å². The van der Waals surface area contributed by atoms with Gasteiger partial charge in [-0.3, -0.25) is 9.59 Å². The zero-order valence-electron chi connectivity index (χ0n) is 19.4. The number of hydrogen-bond donors (Lipinski definition) is 1. The predicted octanol–water partition coefficient (Wildman–Crippen LogP) is 4.16. The number of hydrogen-bond acceptors (Lipinski definition) is 5. The average Bonchev–Trinajstić information content (AvgIpc) is 2.83. The Morgan fingerprint density at radius 1 is 1.09 bits per heavy atom. The Labute approximate surface area is 209 Å². The summed E-state index contributed by atoms with van der Waals surface area (Å²) in [6, 6.07) is 18.0. The van der Waals surface area contributed by atoms with Crippen molar-refractivity contribution in [3.8, 4) is 5.75 Å². The van der Waals surface area contributed by atoms with E-state index in [1.807, 2.05) is 18.2 Å². The van der Waals surface area contributed by atoms with E-state index in [9.17, 15) is 18.0 Å². The molecular weight excluding hydrogens is 490 g/mol. The standard InChI is InChI=1S/C25H24ClN3O5S/c1-16-25(31)29(15-18-6-4-5-7-21(18)26)22-14-19(10-13-23(22)34-16)27-24(30)17-8-11-20(12-9-17)35(32,33)28(2)3/h4-14,16H,15H2,1-3H3,(H,27,30). The second-order valence-electron chi connectivity index (χ2n) is 8.22. The van der Waals surface area contributed by atoms with Crippen LogP contribution in [0.15, 0.2) is 71.6 Å². The Kier molecular flexibility index (Phi) is 6.84. The Bertz CT molecular complexity index is 1390. The van der Waals surface area contributed by atoms with Crippen LogP contribution in [0.5, 0.6) is 5.75 Å². The molecule has 10 heteroatoms. The molecule has 182 valence electrons. The summed E-state index contributed by atoms with van der Waals surface area (Å²) >= 11 is 6.31. The number of halogens is 1. The van der Waals surface area contributed by atoms with Crippen LogP contribution in [0, 0.1) is 0 Å². The number of sulfonamides is 1. The van der Waals surface area contributed by atoms with E-state index in [0.29, 0.717) is 22.1 Å². The van der Waals surface area contributed by atoms with Crippen LogP contribution < -0.4 is 15.0 Å². The van der Waals surface area contributed by atoms with E-state index in [4.69, 9.17) is 16.3 Å². The van der Waals surface area contributed by atoms with E-state index in [2.05, 4.69) is 5.32 Å². The van der Waals surface area contributed by atoms with Crippen LogP contribution in [0.4, 0.5) is 11.4 Å². The van der Waals surface area contributed by atoms with Crippen molar-refractivity contribution in [2.75, 3.05) is 24.3 Å². The van der Waals surface area contributed by atoms with Gasteiger partial charge in [0.1, 0.15) is 5.75 Å². The topological polar surface area (TPSA) is 96.0 Å². The van der Waals surface area contributed by atoms with E-state index in [1.54, 1.807) is 36.1 Å². The van der Waals surface area contributed by atoms with E-state index in [1.165, 1.54) is 38.4 Å². The van der Waals surface area contributed by atoms with Gasteiger partial charge in [0.05, 0.1) is 17.1 Å². The van der Waals surface area contributed by atoms with Crippen molar-refractivity contribution in [1.82, 2.24) is 4.31 Å². The number of rotatable bonds is 6. The van der Waals surface area contributed by atoms with Gasteiger partial charge in [0.15, 0.2) is 6.10 Å². The minimum atomic E-state index is -3.59. The van der Waals surface area contributed by atoms with Crippen LogP contribution in [0.2, 0.25) is 5.02 Å².